The highest BCUT2D eigenvalue weighted by molar-refractivity contribution is 5.89. The van der Waals surface area contributed by atoms with Gasteiger partial charge in [0, 0.05) is 18.5 Å². The average Bonchev–Trinajstić information content (AvgIpc) is 2.50. The number of para-hydroxylation sites is 1. The number of hydrogen-bond acceptors (Lipinski definition) is 4. The van der Waals surface area contributed by atoms with Gasteiger partial charge in [0.25, 0.3) is 0 Å². The van der Waals surface area contributed by atoms with Crippen LogP contribution in [0.2, 0.25) is 0 Å². The fourth-order valence-corrected chi connectivity index (χ4v) is 1.94. The molecule has 1 heterocycles. The maximum absolute atomic E-state index is 4.61. The minimum Gasteiger partial charge on any atom is -0.369 e. The normalized spacial score (nSPS) is 12.3. The van der Waals surface area contributed by atoms with Crippen LogP contribution < -0.4 is 10.6 Å². The number of benzene rings is 1. The molecule has 0 aliphatic rings. The van der Waals surface area contributed by atoms with E-state index in [-0.39, 0.29) is 0 Å². The Labute approximate surface area is 121 Å². The van der Waals surface area contributed by atoms with Crippen molar-refractivity contribution in [1.82, 2.24) is 9.97 Å². The number of aromatic nitrogens is 2. The van der Waals surface area contributed by atoms with Crippen LogP contribution in [0.3, 0.4) is 0 Å². The molecule has 108 valence electrons. The maximum atomic E-state index is 4.61. The minimum absolute atomic E-state index is 0.635. The zero-order valence-corrected chi connectivity index (χ0v) is 12.6. The number of fused-ring (bicyclic) bond motifs is 1. The Morgan fingerprint density at radius 3 is 2.65 bits per heavy atom. The Hall–Kier alpha value is -1.84. The highest BCUT2D eigenvalue weighted by atomic mass is 15.1. The zero-order chi connectivity index (χ0) is 14.4. The molecule has 0 bridgehead atoms. The van der Waals surface area contributed by atoms with Crippen LogP contribution in [0, 0.1) is 5.92 Å². The molecule has 20 heavy (non-hydrogen) atoms. The molecule has 1 atom stereocenters. The van der Waals surface area contributed by atoms with E-state index in [1.807, 2.05) is 18.2 Å². The average molecular weight is 272 g/mol. The summed E-state index contributed by atoms with van der Waals surface area (Å²) in [6.45, 7) is 8.41. The third-order valence-corrected chi connectivity index (χ3v) is 3.45. The van der Waals surface area contributed by atoms with Crippen molar-refractivity contribution in [1.29, 1.82) is 0 Å². The lowest BCUT2D eigenvalue weighted by Crippen LogP contribution is -2.13. The highest BCUT2D eigenvalue weighted by Gasteiger charge is 2.08. The Balaban J connectivity index is 2.28. The third-order valence-electron chi connectivity index (χ3n) is 3.45. The van der Waals surface area contributed by atoms with Gasteiger partial charge in [0.15, 0.2) is 0 Å². The molecule has 0 aliphatic heterocycles. The fraction of sp³-hybridized carbons (Fsp3) is 0.500. The lowest BCUT2D eigenvalue weighted by molar-refractivity contribution is 0.593. The molecule has 0 spiro atoms. The van der Waals surface area contributed by atoms with Crippen molar-refractivity contribution >= 4 is 22.7 Å². The summed E-state index contributed by atoms with van der Waals surface area (Å²) in [5.41, 5.74) is 0.979. The first-order chi connectivity index (χ1) is 9.74. The second kappa shape index (κ2) is 7.08. The summed E-state index contributed by atoms with van der Waals surface area (Å²) in [6.07, 6.45) is 2.22. The monoisotopic (exact) mass is 272 g/mol. The topological polar surface area (TPSA) is 49.8 Å². The summed E-state index contributed by atoms with van der Waals surface area (Å²) in [4.78, 5) is 9.17. The second-order valence-electron chi connectivity index (χ2n) is 5.23. The van der Waals surface area contributed by atoms with E-state index in [0.717, 1.165) is 42.7 Å². The number of hydrogen-bond donors (Lipinski definition) is 2. The summed E-state index contributed by atoms with van der Waals surface area (Å²) < 4.78 is 0. The van der Waals surface area contributed by atoms with Gasteiger partial charge in [-0.15, -0.1) is 0 Å². The molecule has 1 aromatic carbocycles. The Morgan fingerprint density at radius 1 is 1.10 bits per heavy atom. The van der Waals surface area contributed by atoms with Crippen LogP contribution in [-0.4, -0.2) is 23.1 Å². The van der Waals surface area contributed by atoms with Crippen LogP contribution in [0.4, 0.5) is 11.8 Å². The molecule has 0 saturated heterocycles. The van der Waals surface area contributed by atoms with E-state index < -0.39 is 0 Å². The molecule has 0 amide bonds. The van der Waals surface area contributed by atoms with Gasteiger partial charge >= 0.3 is 0 Å². The van der Waals surface area contributed by atoms with Crippen LogP contribution in [-0.2, 0) is 0 Å². The number of rotatable bonds is 7. The van der Waals surface area contributed by atoms with Crippen molar-refractivity contribution in [2.24, 2.45) is 5.92 Å². The zero-order valence-electron chi connectivity index (χ0n) is 12.6. The Kier molecular flexibility index (Phi) is 5.16. The molecule has 1 aromatic heterocycles. The molecule has 0 fully saturated rings. The predicted octanol–water partition coefficient (Wildman–Crippen LogP) is 3.91. The van der Waals surface area contributed by atoms with E-state index in [4.69, 9.17) is 0 Å². The quantitative estimate of drug-likeness (QED) is 0.802. The van der Waals surface area contributed by atoms with E-state index in [1.165, 1.54) is 0 Å². The van der Waals surface area contributed by atoms with Gasteiger partial charge in [0.05, 0.1) is 5.52 Å². The molecular formula is C16H24N4. The third kappa shape index (κ3) is 3.59. The van der Waals surface area contributed by atoms with Crippen LogP contribution in [0.15, 0.2) is 24.3 Å². The predicted molar refractivity (Wildman–Crippen MR) is 86.3 cm³/mol. The summed E-state index contributed by atoms with van der Waals surface area (Å²) >= 11 is 0. The van der Waals surface area contributed by atoms with Gasteiger partial charge in [0.2, 0.25) is 5.95 Å². The number of nitrogens with one attached hydrogen (secondary N) is 2. The minimum atomic E-state index is 0.635. The van der Waals surface area contributed by atoms with E-state index in [9.17, 15) is 0 Å². The number of nitrogens with zero attached hydrogens (tertiary/aromatic N) is 2. The van der Waals surface area contributed by atoms with Gasteiger partial charge in [-0.25, -0.2) is 4.98 Å². The lowest BCUT2D eigenvalue weighted by Gasteiger charge is -2.14. The van der Waals surface area contributed by atoms with Crippen LogP contribution >= 0.6 is 0 Å². The van der Waals surface area contributed by atoms with Crippen molar-refractivity contribution in [3.8, 4) is 0 Å². The molecule has 0 radical (unpaired) electrons. The first-order valence-electron chi connectivity index (χ1n) is 7.49. The standard InChI is InChI=1S/C16H24N4/c1-4-10-17-16-19-14-9-7-6-8-13(14)15(20-16)18-11-12(3)5-2/h6-9,12H,4-5,10-11H2,1-3H3,(H2,17,18,19,20). The largest absolute Gasteiger partial charge is 0.369 e. The fourth-order valence-electron chi connectivity index (χ4n) is 1.94. The molecule has 0 saturated carbocycles. The molecule has 0 aliphatic carbocycles. The maximum Gasteiger partial charge on any atom is 0.225 e. The van der Waals surface area contributed by atoms with Gasteiger partial charge < -0.3 is 10.6 Å². The summed E-state index contributed by atoms with van der Waals surface area (Å²) in [6, 6.07) is 8.14. The molecule has 2 rings (SSSR count). The van der Waals surface area contributed by atoms with E-state index >= 15 is 0 Å². The van der Waals surface area contributed by atoms with Gasteiger partial charge in [-0.1, -0.05) is 39.3 Å². The van der Waals surface area contributed by atoms with Gasteiger partial charge in [-0.05, 0) is 24.5 Å². The van der Waals surface area contributed by atoms with E-state index in [2.05, 4.69) is 47.4 Å². The first kappa shape index (κ1) is 14.6. The smallest absolute Gasteiger partial charge is 0.225 e. The summed E-state index contributed by atoms with van der Waals surface area (Å²) in [5, 5.41) is 7.81. The van der Waals surface area contributed by atoms with E-state index in [1.54, 1.807) is 0 Å². The number of anilines is 2. The summed E-state index contributed by atoms with van der Waals surface area (Å²) in [7, 11) is 0. The first-order valence-corrected chi connectivity index (χ1v) is 7.49. The highest BCUT2D eigenvalue weighted by Crippen LogP contribution is 2.22. The Morgan fingerprint density at radius 2 is 1.90 bits per heavy atom. The van der Waals surface area contributed by atoms with Crippen LogP contribution in [0.5, 0.6) is 0 Å². The van der Waals surface area contributed by atoms with Gasteiger partial charge in [-0.3, -0.25) is 0 Å². The molecule has 1 unspecified atom stereocenters. The van der Waals surface area contributed by atoms with Crippen molar-refractivity contribution in [3.05, 3.63) is 24.3 Å². The molecule has 4 heteroatoms. The molecule has 2 N–H and O–H groups in total. The van der Waals surface area contributed by atoms with Crippen molar-refractivity contribution in [2.75, 3.05) is 23.7 Å². The van der Waals surface area contributed by atoms with E-state index in [0.29, 0.717) is 11.9 Å². The molecule has 2 aromatic rings. The lowest BCUT2D eigenvalue weighted by atomic mass is 10.1. The van der Waals surface area contributed by atoms with Crippen molar-refractivity contribution < 1.29 is 0 Å². The van der Waals surface area contributed by atoms with Gasteiger partial charge in [-0.2, -0.15) is 4.98 Å². The van der Waals surface area contributed by atoms with Gasteiger partial charge in [0.1, 0.15) is 5.82 Å². The second-order valence-corrected chi connectivity index (χ2v) is 5.23. The van der Waals surface area contributed by atoms with Crippen molar-refractivity contribution in [3.63, 3.8) is 0 Å². The van der Waals surface area contributed by atoms with Crippen LogP contribution in [0.25, 0.3) is 10.9 Å². The van der Waals surface area contributed by atoms with Crippen molar-refractivity contribution in [2.45, 2.75) is 33.6 Å². The molecular weight excluding hydrogens is 248 g/mol. The van der Waals surface area contributed by atoms with Crippen LogP contribution in [0.1, 0.15) is 33.6 Å². The Bertz CT molecular complexity index is 553. The molecule has 4 nitrogen and oxygen atoms in total. The summed E-state index contributed by atoms with van der Waals surface area (Å²) in [5.74, 6) is 2.27. The SMILES string of the molecule is CCCNc1nc(NCC(C)CC)c2ccccc2n1.